The van der Waals surface area contributed by atoms with E-state index in [1.54, 1.807) is 18.2 Å². The van der Waals surface area contributed by atoms with Crippen LogP contribution in [0.2, 0.25) is 0 Å². The van der Waals surface area contributed by atoms with Crippen LogP contribution in [0.5, 0.6) is 0 Å². The second-order valence-electron chi connectivity index (χ2n) is 3.53. The number of esters is 2. The fourth-order valence-electron chi connectivity index (χ4n) is 1.92. The van der Waals surface area contributed by atoms with Gasteiger partial charge in [-0.3, -0.25) is 0 Å². The van der Waals surface area contributed by atoms with Crippen molar-refractivity contribution in [3.63, 3.8) is 0 Å². The van der Waals surface area contributed by atoms with Gasteiger partial charge in [-0.15, -0.1) is 0 Å². The van der Waals surface area contributed by atoms with Crippen molar-refractivity contribution in [3.8, 4) is 0 Å². The first-order valence-corrected chi connectivity index (χ1v) is 5.73. The van der Waals surface area contributed by atoms with Crippen molar-refractivity contribution in [2.75, 3.05) is 0 Å². The zero-order valence-corrected chi connectivity index (χ0v) is 10.1. The van der Waals surface area contributed by atoms with Crippen LogP contribution in [0, 0.1) is 3.57 Å². The largest absolute Gasteiger partial charge is 0.386 e. The molecule has 1 aliphatic heterocycles. The highest BCUT2D eigenvalue weighted by molar-refractivity contribution is 14.1. The average Bonchev–Trinajstić information content (AvgIpc) is 2.25. The maximum Gasteiger partial charge on any atom is 0.346 e. The van der Waals surface area contributed by atoms with Gasteiger partial charge < -0.3 is 4.74 Å². The number of carbonyl (C=O) groups excluding carboxylic acids is 2. The van der Waals surface area contributed by atoms with E-state index in [1.165, 1.54) is 0 Å². The Morgan fingerprint density at radius 3 is 2.56 bits per heavy atom. The number of hydrogen-bond donors (Lipinski definition) is 0. The van der Waals surface area contributed by atoms with Crippen LogP contribution in [-0.2, 0) is 4.74 Å². The Labute approximate surface area is 105 Å². The normalized spacial score (nSPS) is 14.1. The van der Waals surface area contributed by atoms with Gasteiger partial charge in [-0.1, -0.05) is 12.1 Å². The molecular weight excluding hydrogens is 319 g/mol. The van der Waals surface area contributed by atoms with Gasteiger partial charge in [-0.05, 0) is 46.2 Å². The van der Waals surface area contributed by atoms with Crippen LogP contribution in [0.15, 0.2) is 30.3 Å². The minimum atomic E-state index is -0.565. The molecule has 0 bridgehead atoms. The molecule has 16 heavy (non-hydrogen) atoms. The van der Waals surface area contributed by atoms with Crippen molar-refractivity contribution in [3.05, 3.63) is 45.0 Å². The average molecular weight is 324 g/mol. The molecule has 0 spiro atoms. The quantitative estimate of drug-likeness (QED) is 0.425. The molecule has 0 amide bonds. The molecule has 3 rings (SSSR count). The summed E-state index contributed by atoms with van der Waals surface area (Å²) in [5, 5.41) is 1.59. The van der Waals surface area contributed by atoms with Gasteiger partial charge in [0.25, 0.3) is 0 Å². The smallest absolute Gasteiger partial charge is 0.346 e. The van der Waals surface area contributed by atoms with Crippen molar-refractivity contribution in [1.29, 1.82) is 0 Å². The van der Waals surface area contributed by atoms with Crippen LogP contribution in [-0.4, -0.2) is 11.9 Å². The first-order chi connectivity index (χ1) is 7.66. The van der Waals surface area contributed by atoms with Crippen LogP contribution in [0.4, 0.5) is 0 Å². The predicted molar refractivity (Wildman–Crippen MR) is 66.4 cm³/mol. The van der Waals surface area contributed by atoms with Crippen molar-refractivity contribution < 1.29 is 14.3 Å². The molecule has 0 fully saturated rings. The van der Waals surface area contributed by atoms with Crippen LogP contribution in [0.1, 0.15) is 20.7 Å². The van der Waals surface area contributed by atoms with E-state index in [2.05, 4.69) is 27.3 Å². The van der Waals surface area contributed by atoms with E-state index >= 15 is 0 Å². The maximum atomic E-state index is 11.6. The van der Waals surface area contributed by atoms with Gasteiger partial charge in [-0.2, -0.15) is 0 Å². The highest BCUT2D eigenvalue weighted by Crippen LogP contribution is 2.30. The number of carbonyl (C=O) groups is 2. The number of cyclic esters (lactones) is 2. The number of hydrogen-bond acceptors (Lipinski definition) is 3. The molecule has 0 saturated heterocycles. The summed E-state index contributed by atoms with van der Waals surface area (Å²) in [7, 11) is 0. The van der Waals surface area contributed by atoms with Gasteiger partial charge >= 0.3 is 11.9 Å². The lowest BCUT2D eigenvalue weighted by molar-refractivity contribution is 0.0391. The maximum absolute atomic E-state index is 11.6. The van der Waals surface area contributed by atoms with Crippen LogP contribution < -0.4 is 0 Å². The molecule has 4 heteroatoms. The lowest BCUT2D eigenvalue weighted by Gasteiger charge is -2.15. The van der Waals surface area contributed by atoms with E-state index < -0.39 is 11.9 Å². The van der Waals surface area contributed by atoms with Gasteiger partial charge in [0, 0.05) is 8.96 Å². The molecule has 0 aromatic heterocycles. The molecule has 0 radical (unpaired) electrons. The molecule has 0 atom stereocenters. The summed E-state index contributed by atoms with van der Waals surface area (Å²) in [4.78, 5) is 23.1. The molecule has 0 unspecified atom stereocenters. The summed E-state index contributed by atoms with van der Waals surface area (Å²) in [6, 6.07) is 9.02. The second kappa shape index (κ2) is 3.28. The van der Waals surface area contributed by atoms with Crippen LogP contribution in [0.25, 0.3) is 10.8 Å². The molecule has 0 aliphatic carbocycles. The minimum absolute atomic E-state index is 0.462. The van der Waals surface area contributed by atoms with E-state index in [-0.39, 0.29) is 0 Å². The number of rotatable bonds is 0. The Morgan fingerprint density at radius 2 is 1.75 bits per heavy atom. The fraction of sp³-hybridized carbons (Fsp3) is 0. The zero-order valence-electron chi connectivity index (χ0n) is 7.99. The molecule has 2 aromatic rings. The molecule has 0 saturated carbocycles. The molecule has 1 aliphatic rings. The summed E-state index contributed by atoms with van der Waals surface area (Å²) in [6.07, 6.45) is 0. The highest BCUT2D eigenvalue weighted by Gasteiger charge is 2.27. The third kappa shape index (κ3) is 1.26. The lowest BCUT2D eigenvalue weighted by atomic mass is 9.97. The van der Waals surface area contributed by atoms with E-state index in [0.29, 0.717) is 16.5 Å². The van der Waals surface area contributed by atoms with Gasteiger partial charge in [0.2, 0.25) is 0 Å². The Morgan fingerprint density at radius 1 is 1.00 bits per heavy atom. The highest BCUT2D eigenvalue weighted by atomic mass is 127. The molecule has 0 N–H and O–H groups in total. The Bertz CT molecular complexity index is 646. The standard InChI is InChI=1S/C12H5IO3/c13-7-4-6-2-1-3-8-10(6)9(5-7)12(15)16-11(8)14/h1-5H. The topological polar surface area (TPSA) is 43.4 Å². The monoisotopic (exact) mass is 324 g/mol. The molecule has 78 valence electrons. The van der Waals surface area contributed by atoms with Crippen molar-refractivity contribution >= 4 is 45.3 Å². The number of ether oxygens (including phenoxy) is 1. The number of benzene rings is 2. The number of halogens is 1. The van der Waals surface area contributed by atoms with E-state index in [0.717, 1.165) is 8.96 Å². The Hall–Kier alpha value is -1.43. The van der Waals surface area contributed by atoms with Gasteiger partial charge in [0.15, 0.2) is 0 Å². The van der Waals surface area contributed by atoms with Gasteiger partial charge in [0.05, 0.1) is 11.1 Å². The zero-order chi connectivity index (χ0) is 11.3. The van der Waals surface area contributed by atoms with Crippen LogP contribution >= 0.6 is 22.6 Å². The molecule has 3 nitrogen and oxygen atoms in total. The van der Waals surface area contributed by atoms with Crippen molar-refractivity contribution in [2.24, 2.45) is 0 Å². The summed E-state index contributed by atoms with van der Waals surface area (Å²) < 4.78 is 5.62. The summed E-state index contributed by atoms with van der Waals surface area (Å²) in [5.41, 5.74) is 0.931. The van der Waals surface area contributed by atoms with E-state index in [1.807, 2.05) is 12.1 Å². The van der Waals surface area contributed by atoms with Crippen molar-refractivity contribution in [1.82, 2.24) is 0 Å². The predicted octanol–water partition coefficient (Wildman–Crippen LogP) is 2.76. The fourth-order valence-corrected chi connectivity index (χ4v) is 2.56. The first kappa shape index (κ1) is 9.77. The summed E-state index contributed by atoms with van der Waals surface area (Å²) >= 11 is 2.14. The summed E-state index contributed by atoms with van der Waals surface area (Å²) in [6.45, 7) is 0. The third-order valence-electron chi connectivity index (χ3n) is 2.57. The Kier molecular flexibility index (Phi) is 2.00. The lowest BCUT2D eigenvalue weighted by Crippen LogP contribution is -2.19. The third-order valence-corrected chi connectivity index (χ3v) is 3.19. The Balaban J connectivity index is 2.55. The SMILES string of the molecule is O=C1OC(=O)c2cc(I)cc3cccc1c23. The van der Waals surface area contributed by atoms with Crippen molar-refractivity contribution in [2.45, 2.75) is 0 Å². The van der Waals surface area contributed by atoms with E-state index in [9.17, 15) is 9.59 Å². The van der Waals surface area contributed by atoms with Gasteiger partial charge in [0.1, 0.15) is 0 Å². The second-order valence-corrected chi connectivity index (χ2v) is 4.78. The van der Waals surface area contributed by atoms with Gasteiger partial charge in [-0.25, -0.2) is 9.59 Å². The van der Waals surface area contributed by atoms with E-state index in [4.69, 9.17) is 0 Å². The minimum Gasteiger partial charge on any atom is -0.386 e. The molecular formula is C12H5IO3. The molecule has 1 heterocycles. The summed E-state index contributed by atoms with van der Waals surface area (Å²) in [5.74, 6) is -1.13. The first-order valence-electron chi connectivity index (χ1n) is 4.65. The van der Waals surface area contributed by atoms with Crippen LogP contribution in [0.3, 0.4) is 0 Å². The molecule has 2 aromatic carbocycles.